The highest BCUT2D eigenvalue weighted by Crippen LogP contribution is 2.28. The first kappa shape index (κ1) is 14.4. The van der Waals surface area contributed by atoms with Crippen LogP contribution in [-0.4, -0.2) is 30.8 Å². The van der Waals surface area contributed by atoms with Crippen LogP contribution in [-0.2, 0) is 4.79 Å². The Hall–Kier alpha value is -1.00. The molecule has 1 aliphatic heterocycles. The van der Waals surface area contributed by atoms with E-state index in [4.69, 9.17) is 0 Å². The Morgan fingerprint density at radius 3 is 2.58 bits per heavy atom. The third kappa shape index (κ3) is 4.25. The maximum atomic E-state index is 12.3. The monoisotopic (exact) mass is 278 g/mol. The molecule has 104 valence electrons. The Morgan fingerprint density at radius 1 is 1.37 bits per heavy atom. The van der Waals surface area contributed by atoms with Crippen LogP contribution < -0.4 is 10.6 Å². The molecule has 2 N–H and O–H groups in total. The highest BCUT2D eigenvalue weighted by atomic mass is 32.2. The van der Waals surface area contributed by atoms with Crippen molar-refractivity contribution in [3.8, 4) is 0 Å². The highest BCUT2D eigenvalue weighted by molar-refractivity contribution is 8.00. The lowest BCUT2D eigenvalue weighted by atomic mass is 10.0. The van der Waals surface area contributed by atoms with E-state index in [9.17, 15) is 4.79 Å². The van der Waals surface area contributed by atoms with E-state index in [1.165, 1.54) is 0 Å². The molecule has 0 radical (unpaired) electrons. The number of carbonyl (C=O) groups is 1. The number of hydrogen-bond donors (Lipinski definition) is 2. The molecule has 1 aliphatic rings. The fourth-order valence-electron chi connectivity index (χ4n) is 1.98. The molecule has 1 heterocycles. The zero-order valence-electron chi connectivity index (χ0n) is 11.6. The Bertz CT molecular complexity index is 404. The van der Waals surface area contributed by atoms with Crippen LogP contribution in [0.2, 0.25) is 0 Å². The molecule has 4 heteroatoms. The Morgan fingerprint density at radius 2 is 2.05 bits per heavy atom. The van der Waals surface area contributed by atoms with E-state index < -0.39 is 0 Å². The van der Waals surface area contributed by atoms with Crippen molar-refractivity contribution >= 4 is 17.7 Å². The zero-order valence-corrected chi connectivity index (χ0v) is 12.4. The summed E-state index contributed by atoms with van der Waals surface area (Å²) in [5.41, 5.74) is 0. The summed E-state index contributed by atoms with van der Waals surface area (Å²) in [6.45, 7) is 7.05. The summed E-state index contributed by atoms with van der Waals surface area (Å²) < 4.78 is 0. The number of nitrogens with one attached hydrogen (secondary N) is 2. The first-order chi connectivity index (χ1) is 9.16. The van der Waals surface area contributed by atoms with Crippen LogP contribution in [0.15, 0.2) is 35.2 Å². The number of amides is 1. The van der Waals surface area contributed by atoms with Crippen LogP contribution in [0.5, 0.6) is 0 Å². The van der Waals surface area contributed by atoms with Gasteiger partial charge in [0.15, 0.2) is 0 Å². The number of rotatable bonds is 6. The van der Waals surface area contributed by atoms with E-state index in [1.54, 1.807) is 11.8 Å². The molecule has 0 bridgehead atoms. The minimum absolute atomic E-state index is 0.0181. The fraction of sp³-hybridized carbons (Fsp3) is 0.533. The number of carbonyl (C=O) groups excluding carboxylic acids is 1. The summed E-state index contributed by atoms with van der Waals surface area (Å²) in [5.74, 6) is 1.10. The largest absolute Gasteiger partial charge is 0.355 e. The quantitative estimate of drug-likeness (QED) is 0.783. The molecule has 1 aromatic rings. The van der Waals surface area contributed by atoms with E-state index in [0.29, 0.717) is 11.8 Å². The standard InChI is InChI=1S/C15H22N2OS/c1-11(2)14(19-13-6-4-3-5-7-13)15(18)17-10-12-8-16-9-12/h3-7,11-12,14,16H,8-10H2,1-2H3,(H,17,18). The van der Waals surface area contributed by atoms with Gasteiger partial charge in [0.05, 0.1) is 5.25 Å². The first-order valence-corrected chi connectivity index (χ1v) is 7.75. The van der Waals surface area contributed by atoms with Gasteiger partial charge >= 0.3 is 0 Å². The van der Waals surface area contributed by atoms with Crippen molar-refractivity contribution in [1.82, 2.24) is 10.6 Å². The second-order valence-corrected chi connectivity index (χ2v) is 6.58. The summed E-state index contributed by atoms with van der Waals surface area (Å²) >= 11 is 1.65. The molecule has 0 aromatic heterocycles. The van der Waals surface area contributed by atoms with E-state index in [2.05, 4.69) is 36.6 Å². The predicted octanol–water partition coefficient (Wildman–Crippen LogP) is 2.14. The summed E-state index contributed by atoms with van der Waals surface area (Å²) in [6.07, 6.45) is 0. The van der Waals surface area contributed by atoms with Crippen LogP contribution in [0.1, 0.15) is 13.8 Å². The molecule has 2 rings (SSSR count). The van der Waals surface area contributed by atoms with Crippen molar-refractivity contribution in [2.75, 3.05) is 19.6 Å². The summed E-state index contributed by atoms with van der Waals surface area (Å²) in [4.78, 5) is 13.4. The van der Waals surface area contributed by atoms with Gasteiger partial charge in [-0.05, 0) is 18.1 Å². The smallest absolute Gasteiger partial charge is 0.233 e. The molecule has 1 amide bonds. The fourth-order valence-corrected chi connectivity index (χ4v) is 3.05. The Labute approximate surface area is 119 Å². The summed E-state index contributed by atoms with van der Waals surface area (Å²) in [6, 6.07) is 10.1. The van der Waals surface area contributed by atoms with Crippen LogP contribution in [0.4, 0.5) is 0 Å². The van der Waals surface area contributed by atoms with Crippen LogP contribution in [0.25, 0.3) is 0 Å². The van der Waals surface area contributed by atoms with Gasteiger partial charge in [-0.2, -0.15) is 0 Å². The molecule has 0 saturated carbocycles. The lowest BCUT2D eigenvalue weighted by Gasteiger charge is -2.28. The maximum absolute atomic E-state index is 12.3. The highest BCUT2D eigenvalue weighted by Gasteiger charge is 2.25. The molecule has 1 fully saturated rings. The van der Waals surface area contributed by atoms with Crippen LogP contribution in [0.3, 0.4) is 0 Å². The van der Waals surface area contributed by atoms with Gasteiger partial charge in [0.1, 0.15) is 0 Å². The predicted molar refractivity (Wildman–Crippen MR) is 80.3 cm³/mol. The second kappa shape index (κ2) is 6.96. The molecule has 1 aromatic carbocycles. The maximum Gasteiger partial charge on any atom is 0.233 e. The second-order valence-electron chi connectivity index (χ2n) is 5.36. The molecular weight excluding hydrogens is 256 g/mol. The molecule has 1 saturated heterocycles. The van der Waals surface area contributed by atoms with Crippen molar-refractivity contribution in [3.05, 3.63) is 30.3 Å². The third-order valence-electron chi connectivity index (χ3n) is 3.30. The lowest BCUT2D eigenvalue weighted by Crippen LogP contribution is -2.49. The van der Waals surface area contributed by atoms with Gasteiger partial charge < -0.3 is 10.6 Å². The third-order valence-corrected chi connectivity index (χ3v) is 4.86. The van der Waals surface area contributed by atoms with Gasteiger partial charge in [0, 0.05) is 30.4 Å². The SMILES string of the molecule is CC(C)C(Sc1ccccc1)C(=O)NCC1CNC1. The van der Waals surface area contributed by atoms with Crippen molar-refractivity contribution in [3.63, 3.8) is 0 Å². The molecule has 3 nitrogen and oxygen atoms in total. The number of benzene rings is 1. The normalized spacial score (nSPS) is 17.0. The number of hydrogen-bond acceptors (Lipinski definition) is 3. The minimum Gasteiger partial charge on any atom is -0.355 e. The van der Waals surface area contributed by atoms with E-state index in [-0.39, 0.29) is 11.2 Å². The van der Waals surface area contributed by atoms with Gasteiger partial charge in [-0.3, -0.25) is 4.79 Å². The lowest BCUT2D eigenvalue weighted by molar-refractivity contribution is -0.121. The molecular formula is C15H22N2OS. The van der Waals surface area contributed by atoms with Crippen molar-refractivity contribution in [1.29, 1.82) is 0 Å². The average molecular weight is 278 g/mol. The molecule has 0 aliphatic carbocycles. The van der Waals surface area contributed by atoms with E-state index in [0.717, 1.165) is 24.5 Å². The Kier molecular flexibility index (Phi) is 5.28. The molecule has 1 atom stereocenters. The van der Waals surface area contributed by atoms with E-state index >= 15 is 0 Å². The molecule has 0 spiro atoms. The van der Waals surface area contributed by atoms with Gasteiger partial charge in [0.25, 0.3) is 0 Å². The van der Waals surface area contributed by atoms with Crippen LogP contribution in [0, 0.1) is 11.8 Å². The topological polar surface area (TPSA) is 41.1 Å². The van der Waals surface area contributed by atoms with Gasteiger partial charge in [-0.1, -0.05) is 32.0 Å². The van der Waals surface area contributed by atoms with Crippen LogP contribution >= 0.6 is 11.8 Å². The van der Waals surface area contributed by atoms with Crippen molar-refractivity contribution < 1.29 is 4.79 Å². The Balaban J connectivity index is 1.89. The minimum atomic E-state index is -0.0181. The van der Waals surface area contributed by atoms with E-state index in [1.807, 2.05) is 18.2 Å². The molecule has 19 heavy (non-hydrogen) atoms. The average Bonchev–Trinajstić information content (AvgIpc) is 2.34. The van der Waals surface area contributed by atoms with Gasteiger partial charge in [-0.15, -0.1) is 11.8 Å². The van der Waals surface area contributed by atoms with Gasteiger partial charge in [0.2, 0.25) is 5.91 Å². The van der Waals surface area contributed by atoms with Crippen molar-refractivity contribution in [2.24, 2.45) is 11.8 Å². The zero-order chi connectivity index (χ0) is 13.7. The first-order valence-electron chi connectivity index (χ1n) is 6.87. The summed E-state index contributed by atoms with van der Waals surface area (Å²) in [5, 5.41) is 6.29. The van der Waals surface area contributed by atoms with Gasteiger partial charge in [-0.25, -0.2) is 0 Å². The van der Waals surface area contributed by atoms with Crippen molar-refractivity contribution in [2.45, 2.75) is 24.0 Å². The summed E-state index contributed by atoms with van der Waals surface area (Å²) in [7, 11) is 0. The number of thioether (sulfide) groups is 1. The molecule has 1 unspecified atom stereocenters.